The van der Waals surface area contributed by atoms with Gasteiger partial charge >= 0.3 is 12.1 Å². The molecule has 1 aromatic heterocycles. The smallest absolute Gasteiger partial charge is 0.417 e. The van der Waals surface area contributed by atoms with Crippen molar-refractivity contribution < 1.29 is 45.8 Å². The van der Waals surface area contributed by atoms with Gasteiger partial charge in [0, 0.05) is 29.3 Å². The number of aromatic nitrogens is 1. The summed E-state index contributed by atoms with van der Waals surface area (Å²) < 4.78 is 85.7. The Bertz CT molecular complexity index is 1130. The molecule has 1 aliphatic heterocycles. The van der Waals surface area contributed by atoms with Gasteiger partial charge in [0.1, 0.15) is 11.8 Å². The van der Waals surface area contributed by atoms with Gasteiger partial charge in [0.2, 0.25) is 5.82 Å². The number of esters is 1. The van der Waals surface area contributed by atoms with Gasteiger partial charge in [0.05, 0.1) is 14.2 Å². The number of alkyl halides is 3. The zero-order valence-corrected chi connectivity index (χ0v) is 19.2. The highest BCUT2D eigenvalue weighted by atomic mass is 19.4. The molecule has 190 valence electrons. The lowest BCUT2D eigenvalue weighted by Crippen LogP contribution is -2.48. The van der Waals surface area contributed by atoms with Crippen LogP contribution in [0.15, 0.2) is 30.5 Å². The summed E-state index contributed by atoms with van der Waals surface area (Å²) in [6.45, 7) is 2.29. The number of carbonyl (C=O) groups excluding carboxylic acids is 2. The number of pyridine rings is 1. The minimum absolute atomic E-state index is 0.0404. The predicted octanol–water partition coefficient (Wildman–Crippen LogP) is 4.62. The summed E-state index contributed by atoms with van der Waals surface area (Å²) in [5.41, 5.74) is -3.03. The number of hydrogen-bond donors (Lipinski definition) is 1. The van der Waals surface area contributed by atoms with Crippen LogP contribution in [0.5, 0.6) is 5.75 Å². The van der Waals surface area contributed by atoms with E-state index in [-0.39, 0.29) is 23.4 Å². The lowest BCUT2D eigenvalue weighted by Gasteiger charge is -2.33. The third-order valence-corrected chi connectivity index (χ3v) is 6.17. The summed E-state index contributed by atoms with van der Waals surface area (Å²) in [6.07, 6.45) is -5.56. The fourth-order valence-electron chi connectivity index (χ4n) is 4.45. The van der Waals surface area contributed by atoms with E-state index in [0.717, 1.165) is 33.3 Å². The topological polar surface area (TPSA) is 86.8 Å². The van der Waals surface area contributed by atoms with Crippen LogP contribution in [0.3, 0.4) is 0 Å². The maximum Gasteiger partial charge on any atom is 0.417 e. The molecule has 2 heterocycles. The summed E-state index contributed by atoms with van der Waals surface area (Å²) in [6, 6.07) is 4.32. The molecule has 0 spiro atoms. The minimum Gasteiger partial charge on any atom is -0.493 e. The molecule has 1 aliphatic rings. The van der Waals surface area contributed by atoms with Gasteiger partial charge in [-0.2, -0.15) is 17.6 Å². The summed E-state index contributed by atoms with van der Waals surface area (Å²) >= 11 is 0. The molecule has 0 saturated carbocycles. The average molecular weight is 502 g/mol. The van der Waals surface area contributed by atoms with Crippen LogP contribution in [-0.4, -0.2) is 49.0 Å². The lowest BCUT2D eigenvalue weighted by molar-refractivity contribution is -0.274. The van der Waals surface area contributed by atoms with Crippen molar-refractivity contribution >= 4 is 17.6 Å². The van der Waals surface area contributed by atoms with Crippen LogP contribution in [0.4, 0.5) is 27.6 Å². The number of nitrogens with zero attached hydrogens (tertiary/aromatic N) is 1. The highest BCUT2D eigenvalue weighted by Gasteiger charge is 2.66. The van der Waals surface area contributed by atoms with Crippen LogP contribution in [0.2, 0.25) is 0 Å². The second kappa shape index (κ2) is 9.76. The van der Waals surface area contributed by atoms with E-state index in [1.807, 2.05) is 0 Å². The Labute approximate surface area is 197 Å². The maximum absolute atomic E-state index is 14.5. The van der Waals surface area contributed by atoms with Crippen molar-refractivity contribution in [2.24, 2.45) is 5.92 Å². The maximum atomic E-state index is 14.5. The molecule has 4 atom stereocenters. The SMILES string of the molecule is CCC1C(c2ccc(F)c(F)c2OC)C(C(=O)Nc2ccnc(C(=O)OC)c2)OC1(C)C(F)(F)F. The first-order valence-electron chi connectivity index (χ1n) is 10.5. The van der Waals surface area contributed by atoms with Gasteiger partial charge in [-0.3, -0.25) is 4.79 Å². The molecule has 1 fully saturated rings. The van der Waals surface area contributed by atoms with E-state index in [4.69, 9.17) is 9.47 Å². The normalized spacial score (nSPS) is 24.2. The third-order valence-electron chi connectivity index (χ3n) is 6.17. The molecular weight excluding hydrogens is 479 g/mol. The molecule has 1 saturated heterocycles. The number of benzene rings is 1. The Kier molecular flexibility index (Phi) is 7.34. The van der Waals surface area contributed by atoms with E-state index in [1.165, 1.54) is 25.3 Å². The number of nitrogens with one attached hydrogen (secondary N) is 1. The Morgan fingerprint density at radius 1 is 1.20 bits per heavy atom. The zero-order valence-electron chi connectivity index (χ0n) is 19.2. The number of rotatable bonds is 6. The molecule has 1 aromatic carbocycles. The molecule has 35 heavy (non-hydrogen) atoms. The quantitative estimate of drug-likeness (QED) is 0.458. The van der Waals surface area contributed by atoms with Crippen molar-refractivity contribution in [2.45, 2.75) is 44.1 Å². The number of carbonyl (C=O) groups is 2. The fraction of sp³-hybridized carbons (Fsp3) is 0.435. The molecule has 3 rings (SSSR count). The van der Waals surface area contributed by atoms with E-state index in [1.54, 1.807) is 0 Å². The molecule has 4 unspecified atom stereocenters. The Hall–Kier alpha value is -3.28. The summed E-state index contributed by atoms with van der Waals surface area (Å²) in [5.74, 6) is -7.74. The monoisotopic (exact) mass is 502 g/mol. The van der Waals surface area contributed by atoms with E-state index >= 15 is 0 Å². The summed E-state index contributed by atoms with van der Waals surface area (Å²) in [4.78, 5) is 28.8. The van der Waals surface area contributed by atoms with Crippen molar-refractivity contribution in [2.75, 3.05) is 19.5 Å². The molecule has 12 heteroatoms. The Balaban J connectivity index is 2.10. The highest BCUT2D eigenvalue weighted by Crippen LogP contribution is 2.56. The molecule has 0 radical (unpaired) electrons. The molecule has 0 bridgehead atoms. The standard InChI is InChI=1S/C23H23F5N2O5/c1-5-13-16(12-6-7-14(24)17(25)18(12)33-3)19(35-22(13,2)23(26,27)28)20(31)30-11-8-9-29-15(10-11)21(32)34-4/h6-10,13,16,19H,5H2,1-4H3,(H,29,30,31). The van der Waals surface area contributed by atoms with E-state index in [0.29, 0.717) is 0 Å². The van der Waals surface area contributed by atoms with Crippen molar-refractivity contribution in [3.63, 3.8) is 0 Å². The number of hydrogen-bond acceptors (Lipinski definition) is 6. The first kappa shape index (κ1) is 26.3. The average Bonchev–Trinajstić information content (AvgIpc) is 3.13. The zero-order chi connectivity index (χ0) is 26.1. The van der Waals surface area contributed by atoms with Crippen molar-refractivity contribution in [3.05, 3.63) is 53.4 Å². The number of ether oxygens (including phenoxy) is 3. The largest absolute Gasteiger partial charge is 0.493 e. The summed E-state index contributed by atoms with van der Waals surface area (Å²) in [5, 5.41) is 2.41. The first-order valence-corrected chi connectivity index (χ1v) is 10.5. The first-order chi connectivity index (χ1) is 16.4. The molecule has 7 nitrogen and oxygen atoms in total. The molecule has 1 N–H and O–H groups in total. The van der Waals surface area contributed by atoms with E-state index in [9.17, 15) is 31.5 Å². The van der Waals surface area contributed by atoms with Gasteiger partial charge in [-0.05, 0) is 31.5 Å². The predicted molar refractivity (Wildman–Crippen MR) is 113 cm³/mol. The number of anilines is 1. The number of methoxy groups -OCH3 is 2. The van der Waals surface area contributed by atoms with Crippen LogP contribution in [0.25, 0.3) is 0 Å². The van der Waals surface area contributed by atoms with E-state index in [2.05, 4.69) is 15.0 Å². The lowest BCUT2D eigenvalue weighted by atomic mass is 9.74. The van der Waals surface area contributed by atoms with Crippen molar-refractivity contribution in [3.8, 4) is 5.75 Å². The second-order valence-electron chi connectivity index (χ2n) is 8.08. The van der Waals surface area contributed by atoms with Gasteiger partial charge in [0.15, 0.2) is 17.2 Å². The van der Waals surface area contributed by atoms with Crippen LogP contribution < -0.4 is 10.1 Å². The van der Waals surface area contributed by atoms with E-state index < -0.39 is 59.0 Å². The number of amides is 1. The Morgan fingerprint density at radius 3 is 2.46 bits per heavy atom. The molecule has 0 aliphatic carbocycles. The van der Waals surface area contributed by atoms with Gasteiger partial charge < -0.3 is 19.5 Å². The van der Waals surface area contributed by atoms with Crippen molar-refractivity contribution in [1.29, 1.82) is 0 Å². The third kappa shape index (κ3) is 4.66. The van der Waals surface area contributed by atoms with Gasteiger partial charge in [-0.1, -0.05) is 13.0 Å². The van der Waals surface area contributed by atoms with Gasteiger partial charge in [-0.15, -0.1) is 0 Å². The number of halogens is 5. The molecule has 1 amide bonds. The van der Waals surface area contributed by atoms with Crippen molar-refractivity contribution in [1.82, 2.24) is 4.98 Å². The summed E-state index contributed by atoms with van der Waals surface area (Å²) in [7, 11) is 2.17. The Morgan fingerprint density at radius 2 is 1.89 bits per heavy atom. The van der Waals surface area contributed by atoms with Crippen LogP contribution in [-0.2, 0) is 14.3 Å². The van der Waals surface area contributed by atoms with Crippen LogP contribution >= 0.6 is 0 Å². The molecule has 2 aromatic rings. The van der Waals surface area contributed by atoms with Crippen LogP contribution in [0.1, 0.15) is 42.2 Å². The van der Waals surface area contributed by atoms with Gasteiger partial charge in [-0.25, -0.2) is 14.2 Å². The highest BCUT2D eigenvalue weighted by molar-refractivity contribution is 5.96. The second-order valence-corrected chi connectivity index (χ2v) is 8.08. The van der Waals surface area contributed by atoms with Crippen LogP contribution in [0, 0.1) is 17.6 Å². The van der Waals surface area contributed by atoms with Gasteiger partial charge in [0.25, 0.3) is 5.91 Å². The fourth-order valence-corrected chi connectivity index (χ4v) is 4.45. The minimum atomic E-state index is -4.89. The molecular formula is C23H23F5N2O5.